The molecule has 1 saturated carbocycles. The van der Waals surface area contributed by atoms with E-state index < -0.39 is 12.1 Å². The minimum Gasteiger partial charge on any atom is -0.493 e. The molecule has 0 bridgehead atoms. The van der Waals surface area contributed by atoms with E-state index in [9.17, 15) is 9.59 Å². The van der Waals surface area contributed by atoms with Crippen LogP contribution in [0.3, 0.4) is 0 Å². The largest absolute Gasteiger partial charge is 0.493 e. The summed E-state index contributed by atoms with van der Waals surface area (Å²) in [6, 6.07) is 6.65. The molecule has 1 aliphatic carbocycles. The maximum Gasteiger partial charge on any atom is 0.265 e. The van der Waals surface area contributed by atoms with Gasteiger partial charge in [0.2, 0.25) is 5.91 Å². The van der Waals surface area contributed by atoms with Crippen LogP contribution in [0.2, 0.25) is 0 Å². The van der Waals surface area contributed by atoms with Gasteiger partial charge in [-0.05, 0) is 42.5 Å². The predicted molar refractivity (Wildman–Crippen MR) is 132 cm³/mol. The summed E-state index contributed by atoms with van der Waals surface area (Å²) in [6.45, 7) is 4.13. The lowest BCUT2D eigenvalue weighted by atomic mass is 9.94. The Morgan fingerprint density at radius 2 is 2.06 bits per heavy atom. The normalized spacial score (nSPS) is 21.0. The summed E-state index contributed by atoms with van der Waals surface area (Å²) in [6.07, 6.45) is 7.96. The highest BCUT2D eigenvalue weighted by Crippen LogP contribution is 2.44. The van der Waals surface area contributed by atoms with Crippen LogP contribution in [-0.2, 0) is 16.1 Å². The van der Waals surface area contributed by atoms with Gasteiger partial charge in [0.1, 0.15) is 6.04 Å². The van der Waals surface area contributed by atoms with E-state index in [1.54, 1.807) is 30.5 Å². The number of halogens is 1. The van der Waals surface area contributed by atoms with Gasteiger partial charge in [0.25, 0.3) is 5.91 Å². The Morgan fingerprint density at radius 1 is 1.29 bits per heavy atom. The van der Waals surface area contributed by atoms with Crippen LogP contribution in [0, 0.1) is 5.92 Å². The van der Waals surface area contributed by atoms with Crippen LogP contribution < -0.4 is 14.8 Å². The number of carbonyl (C=O) groups is 2. The zero-order valence-corrected chi connectivity index (χ0v) is 21.5. The molecule has 2 unspecified atom stereocenters. The molecular weight excluding hydrogens is 498 g/mol. The van der Waals surface area contributed by atoms with Gasteiger partial charge in [-0.1, -0.05) is 55.1 Å². The highest BCUT2D eigenvalue weighted by Gasteiger charge is 2.43. The second kappa shape index (κ2) is 10.8. The van der Waals surface area contributed by atoms with E-state index in [4.69, 9.17) is 9.47 Å². The minimum absolute atomic E-state index is 0.106. The Balaban J connectivity index is 1.83. The summed E-state index contributed by atoms with van der Waals surface area (Å²) >= 11 is 3.55. The van der Waals surface area contributed by atoms with Crippen LogP contribution in [0.5, 0.6) is 11.5 Å². The fourth-order valence-electron chi connectivity index (χ4n) is 4.79. The molecule has 2 aromatic rings. The SMILES string of the molecule is COc1cc(Br)cc2c1OC(C(C)C)C(=O)N(Cc1cccnc1)C2C(=O)NC1CCCCC1. The Morgan fingerprint density at radius 3 is 2.71 bits per heavy atom. The second-order valence-corrected chi connectivity index (χ2v) is 10.3. The van der Waals surface area contributed by atoms with Gasteiger partial charge < -0.3 is 19.7 Å². The van der Waals surface area contributed by atoms with E-state index >= 15 is 0 Å². The molecule has 1 fully saturated rings. The van der Waals surface area contributed by atoms with Crippen molar-refractivity contribution in [1.29, 1.82) is 0 Å². The molecular formula is C26H32BrN3O4. The molecule has 8 heteroatoms. The third-order valence-corrected chi connectivity index (χ3v) is 6.98. The maximum absolute atomic E-state index is 13.9. The third kappa shape index (κ3) is 5.22. The van der Waals surface area contributed by atoms with Crippen molar-refractivity contribution in [2.24, 2.45) is 5.92 Å². The van der Waals surface area contributed by atoms with Gasteiger partial charge in [0.05, 0.1) is 7.11 Å². The molecule has 2 heterocycles. The van der Waals surface area contributed by atoms with E-state index in [0.717, 1.165) is 35.7 Å². The van der Waals surface area contributed by atoms with E-state index in [1.807, 2.05) is 32.0 Å². The molecule has 2 amide bonds. The van der Waals surface area contributed by atoms with Crippen molar-refractivity contribution < 1.29 is 19.1 Å². The zero-order chi connectivity index (χ0) is 24.2. The fourth-order valence-corrected chi connectivity index (χ4v) is 5.25. The Bertz CT molecular complexity index is 1020. The zero-order valence-electron chi connectivity index (χ0n) is 19.9. The van der Waals surface area contributed by atoms with E-state index in [-0.39, 0.29) is 30.3 Å². The van der Waals surface area contributed by atoms with Gasteiger partial charge in [-0.25, -0.2) is 0 Å². The number of benzene rings is 1. The molecule has 2 aliphatic rings. The number of ether oxygens (including phenoxy) is 2. The van der Waals surface area contributed by atoms with Crippen LogP contribution in [0.15, 0.2) is 41.1 Å². The number of nitrogens with zero attached hydrogens (tertiary/aromatic N) is 2. The first-order chi connectivity index (χ1) is 16.4. The molecule has 1 N–H and O–H groups in total. The van der Waals surface area contributed by atoms with E-state index in [1.165, 1.54) is 6.42 Å². The van der Waals surface area contributed by atoms with Crippen LogP contribution in [0.4, 0.5) is 0 Å². The van der Waals surface area contributed by atoms with Crippen LogP contribution in [-0.4, -0.2) is 41.0 Å². The molecule has 0 saturated heterocycles. The van der Waals surface area contributed by atoms with Crippen molar-refractivity contribution in [3.8, 4) is 11.5 Å². The molecule has 7 nitrogen and oxygen atoms in total. The van der Waals surface area contributed by atoms with Crippen molar-refractivity contribution in [2.45, 2.75) is 70.7 Å². The maximum atomic E-state index is 13.9. The highest BCUT2D eigenvalue weighted by molar-refractivity contribution is 9.10. The van der Waals surface area contributed by atoms with Gasteiger partial charge in [-0.2, -0.15) is 0 Å². The molecule has 4 rings (SSSR count). The summed E-state index contributed by atoms with van der Waals surface area (Å²) in [5.41, 5.74) is 1.46. The number of carbonyl (C=O) groups excluding carboxylic acids is 2. The Kier molecular flexibility index (Phi) is 7.76. The Labute approximate surface area is 209 Å². The topological polar surface area (TPSA) is 80.8 Å². The number of rotatable bonds is 6. The number of amides is 2. The smallest absolute Gasteiger partial charge is 0.265 e. The summed E-state index contributed by atoms with van der Waals surface area (Å²) in [5, 5.41) is 3.23. The first-order valence-corrected chi connectivity index (χ1v) is 12.7. The molecule has 0 radical (unpaired) electrons. The average Bonchev–Trinajstić information content (AvgIpc) is 2.94. The summed E-state index contributed by atoms with van der Waals surface area (Å²) in [7, 11) is 1.56. The Hall–Kier alpha value is -2.61. The molecule has 34 heavy (non-hydrogen) atoms. The number of methoxy groups -OCH3 is 1. The second-order valence-electron chi connectivity index (χ2n) is 9.38. The summed E-state index contributed by atoms with van der Waals surface area (Å²) in [5.74, 6) is 0.401. The number of nitrogens with one attached hydrogen (secondary N) is 1. The molecule has 1 aromatic carbocycles. The molecule has 182 valence electrons. The lowest BCUT2D eigenvalue weighted by Gasteiger charge is -2.33. The number of hydrogen-bond donors (Lipinski definition) is 1. The van der Waals surface area contributed by atoms with Crippen LogP contribution in [0.1, 0.15) is 63.1 Å². The van der Waals surface area contributed by atoms with Gasteiger partial charge in [0, 0.05) is 35.0 Å². The standard InChI is InChI=1S/C26H32BrN3O4/c1-16(2)23-26(32)30(15-17-8-7-11-28-14-17)22(25(31)29-19-9-5-4-6-10-19)20-12-18(27)13-21(33-3)24(20)34-23/h7-8,11-14,16,19,22-23H,4-6,9-10,15H2,1-3H3,(H,29,31). The van der Waals surface area contributed by atoms with E-state index in [0.29, 0.717) is 17.1 Å². The number of pyridine rings is 1. The van der Waals surface area contributed by atoms with E-state index in [2.05, 4.69) is 26.2 Å². The third-order valence-electron chi connectivity index (χ3n) is 6.53. The molecule has 1 aliphatic heterocycles. The lowest BCUT2D eigenvalue weighted by molar-refractivity contribution is -0.147. The predicted octanol–water partition coefficient (Wildman–Crippen LogP) is 4.79. The molecule has 2 atom stereocenters. The fraction of sp³-hybridized carbons (Fsp3) is 0.500. The number of hydrogen-bond acceptors (Lipinski definition) is 5. The van der Waals surface area contributed by atoms with Gasteiger partial charge in [-0.3, -0.25) is 14.6 Å². The molecule has 1 aromatic heterocycles. The number of fused-ring (bicyclic) bond motifs is 1. The first-order valence-electron chi connectivity index (χ1n) is 11.9. The van der Waals surface area contributed by atoms with Crippen molar-refractivity contribution in [2.75, 3.05) is 7.11 Å². The van der Waals surface area contributed by atoms with Crippen LogP contribution in [0.25, 0.3) is 0 Å². The van der Waals surface area contributed by atoms with Crippen molar-refractivity contribution in [3.05, 3.63) is 52.3 Å². The van der Waals surface area contributed by atoms with Crippen molar-refractivity contribution in [1.82, 2.24) is 15.2 Å². The summed E-state index contributed by atoms with van der Waals surface area (Å²) < 4.78 is 12.7. The quantitative estimate of drug-likeness (QED) is 0.581. The highest BCUT2D eigenvalue weighted by atomic mass is 79.9. The van der Waals surface area contributed by atoms with Crippen molar-refractivity contribution >= 4 is 27.7 Å². The minimum atomic E-state index is -0.861. The summed E-state index contributed by atoms with van der Waals surface area (Å²) in [4.78, 5) is 33.6. The number of aromatic nitrogens is 1. The van der Waals surface area contributed by atoms with Crippen molar-refractivity contribution in [3.63, 3.8) is 0 Å². The van der Waals surface area contributed by atoms with Gasteiger partial charge >= 0.3 is 0 Å². The van der Waals surface area contributed by atoms with Gasteiger partial charge in [0.15, 0.2) is 17.6 Å². The lowest BCUT2D eigenvalue weighted by Crippen LogP contribution is -2.49. The van der Waals surface area contributed by atoms with Gasteiger partial charge in [-0.15, -0.1) is 0 Å². The first kappa shape index (κ1) is 24.5. The van der Waals surface area contributed by atoms with Crippen LogP contribution >= 0.6 is 15.9 Å². The molecule has 0 spiro atoms. The average molecular weight is 530 g/mol. The monoisotopic (exact) mass is 529 g/mol.